The Morgan fingerprint density at radius 2 is 1.50 bits per heavy atom. The molecular formula is C27H29N3O5S. The van der Waals surface area contributed by atoms with Crippen molar-refractivity contribution in [1.82, 2.24) is 4.31 Å². The van der Waals surface area contributed by atoms with Crippen LogP contribution >= 0.6 is 0 Å². The molecule has 1 aliphatic rings. The molecule has 0 radical (unpaired) electrons. The normalized spacial score (nSPS) is 15.0. The van der Waals surface area contributed by atoms with Crippen molar-refractivity contribution >= 4 is 27.6 Å². The molecule has 0 saturated carbocycles. The number of rotatable bonds is 9. The molecule has 0 aromatic heterocycles. The molecule has 1 heterocycles. The molecule has 0 bridgehead atoms. The van der Waals surface area contributed by atoms with Crippen LogP contribution in [0.1, 0.15) is 40.2 Å². The zero-order valence-electron chi connectivity index (χ0n) is 19.7. The number of amides is 1. The van der Waals surface area contributed by atoms with E-state index in [1.54, 1.807) is 6.07 Å². The second-order valence-corrected chi connectivity index (χ2v) is 10.8. The number of nitrogens with two attached hydrogens (primary N) is 1. The van der Waals surface area contributed by atoms with Gasteiger partial charge in [0.05, 0.1) is 16.4 Å². The zero-order chi connectivity index (χ0) is 25.7. The molecule has 0 spiro atoms. The molecule has 1 aliphatic heterocycles. The number of benzene rings is 3. The van der Waals surface area contributed by atoms with Crippen LogP contribution in [0, 0.1) is 5.92 Å². The lowest BCUT2D eigenvalue weighted by molar-refractivity contribution is -0.142. The summed E-state index contributed by atoms with van der Waals surface area (Å²) in [7, 11) is -3.90. The van der Waals surface area contributed by atoms with Crippen molar-refractivity contribution in [2.75, 3.05) is 25.0 Å². The molecule has 188 valence electrons. The summed E-state index contributed by atoms with van der Waals surface area (Å²) in [5, 5.41) is 12.5. The first kappa shape index (κ1) is 25.4. The van der Waals surface area contributed by atoms with Gasteiger partial charge in [0, 0.05) is 31.2 Å². The van der Waals surface area contributed by atoms with Crippen molar-refractivity contribution in [2.45, 2.75) is 23.7 Å². The minimum absolute atomic E-state index is 0.00735. The molecule has 4 N–H and O–H groups in total. The Labute approximate surface area is 210 Å². The lowest BCUT2D eigenvalue weighted by Crippen LogP contribution is -2.40. The van der Waals surface area contributed by atoms with Gasteiger partial charge in [0.25, 0.3) is 5.91 Å². The lowest BCUT2D eigenvalue weighted by atomic mass is 9.91. The van der Waals surface area contributed by atoms with Crippen LogP contribution in [0.15, 0.2) is 83.8 Å². The standard InChI is InChI=1S/C27H29N3O5S/c28-26(31)23-17-22(36(34,35)30-15-13-21(14-16-30)27(32)33)11-12-25(23)29-18-24(19-7-3-1-4-8-19)20-9-5-2-6-10-20/h1-12,17,21,24,29H,13-16,18H2,(H2,28,31)(H,32,33). The Morgan fingerprint density at radius 3 is 2.00 bits per heavy atom. The molecule has 36 heavy (non-hydrogen) atoms. The van der Waals surface area contributed by atoms with Crippen LogP contribution in [0.5, 0.6) is 0 Å². The maximum Gasteiger partial charge on any atom is 0.306 e. The molecule has 0 atom stereocenters. The van der Waals surface area contributed by atoms with Gasteiger partial charge in [-0.05, 0) is 42.2 Å². The number of carbonyl (C=O) groups is 2. The van der Waals surface area contributed by atoms with Crippen LogP contribution in [0.3, 0.4) is 0 Å². The van der Waals surface area contributed by atoms with E-state index in [0.29, 0.717) is 12.2 Å². The van der Waals surface area contributed by atoms with Gasteiger partial charge in [0.2, 0.25) is 10.0 Å². The number of hydrogen-bond donors (Lipinski definition) is 3. The van der Waals surface area contributed by atoms with Crippen LogP contribution in [0.4, 0.5) is 5.69 Å². The van der Waals surface area contributed by atoms with Crippen molar-refractivity contribution in [3.63, 3.8) is 0 Å². The summed E-state index contributed by atoms with van der Waals surface area (Å²) in [5.74, 6) is -2.21. The number of aliphatic carboxylic acids is 1. The number of carbonyl (C=O) groups excluding carboxylic acids is 1. The summed E-state index contributed by atoms with van der Waals surface area (Å²) in [5.41, 5.74) is 8.36. The third-order valence-corrected chi connectivity index (χ3v) is 8.49. The average molecular weight is 508 g/mol. The quantitative estimate of drug-likeness (QED) is 0.406. The van der Waals surface area contributed by atoms with Gasteiger partial charge in [0.15, 0.2) is 0 Å². The summed E-state index contributed by atoms with van der Waals surface area (Å²) >= 11 is 0. The fourth-order valence-corrected chi connectivity index (χ4v) is 6.04. The second-order valence-electron chi connectivity index (χ2n) is 8.84. The Morgan fingerprint density at radius 1 is 0.944 bits per heavy atom. The van der Waals surface area contributed by atoms with E-state index in [9.17, 15) is 23.1 Å². The van der Waals surface area contributed by atoms with Crippen molar-refractivity contribution in [2.24, 2.45) is 11.7 Å². The Hall–Kier alpha value is -3.69. The average Bonchev–Trinajstić information content (AvgIpc) is 2.90. The third kappa shape index (κ3) is 5.58. The van der Waals surface area contributed by atoms with E-state index in [1.807, 2.05) is 60.7 Å². The van der Waals surface area contributed by atoms with Crippen LogP contribution < -0.4 is 11.1 Å². The number of sulfonamides is 1. The first-order chi connectivity index (χ1) is 17.3. The number of hydrogen-bond acceptors (Lipinski definition) is 5. The van der Waals surface area contributed by atoms with Crippen LogP contribution in [0.25, 0.3) is 0 Å². The third-order valence-electron chi connectivity index (χ3n) is 6.60. The first-order valence-electron chi connectivity index (χ1n) is 11.8. The lowest BCUT2D eigenvalue weighted by Gasteiger charge is -2.29. The van der Waals surface area contributed by atoms with Gasteiger partial charge in [-0.15, -0.1) is 0 Å². The summed E-state index contributed by atoms with van der Waals surface area (Å²) in [6, 6.07) is 24.3. The Kier molecular flexibility index (Phi) is 7.71. The molecule has 8 nitrogen and oxygen atoms in total. The number of nitrogens with one attached hydrogen (secondary N) is 1. The van der Waals surface area contributed by atoms with E-state index in [0.717, 1.165) is 11.1 Å². The van der Waals surface area contributed by atoms with E-state index in [1.165, 1.54) is 16.4 Å². The molecule has 0 aliphatic carbocycles. The number of nitrogens with zero attached hydrogens (tertiary/aromatic N) is 1. The van der Waals surface area contributed by atoms with Gasteiger partial charge in [-0.3, -0.25) is 9.59 Å². The van der Waals surface area contributed by atoms with Crippen LogP contribution in [0.2, 0.25) is 0 Å². The fraction of sp³-hybridized carbons (Fsp3) is 0.259. The van der Waals surface area contributed by atoms with Crippen molar-refractivity contribution in [3.8, 4) is 0 Å². The van der Waals surface area contributed by atoms with Crippen molar-refractivity contribution < 1.29 is 23.1 Å². The van der Waals surface area contributed by atoms with E-state index >= 15 is 0 Å². The Balaban J connectivity index is 1.57. The van der Waals surface area contributed by atoms with Crippen molar-refractivity contribution in [3.05, 3.63) is 95.6 Å². The van der Waals surface area contributed by atoms with Crippen LogP contribution in [-0.4, -0.2) is 49.3 Å². The SMILES string of the molecule is NC(=O)c1cc(S(=O)(=O)N2CCC(C(=O)O)CC2)ccc1NCC(c1ccccc1)c1ccccc1. The molecule has 0 unspecified atom stereocenters. The van der Waals surface area contributed by atoms with Gasteiger partial charge in [-0.2, -0.15) is 4.31 Å². The minimum Gasteiger partial charge on any atom is -0.481 e. The number of carboxylic acids is 1. The van der Waals surface area contributed by atoms with Gasteiger partial charge in [0.1, 0.15) is 0 Å². The Bertz CT molecular complexity index is 1280. The molecule has 4 rings (SSSR count). The maximum absolute atomic E-state index is 13.2. The number of piperidine rings is 1. The monoisotopic (exact) mass is 507 g/mol. The largest absolute Gasteiger partial charge is 0.481 e. The van der Waals surface area contributed by atoms with Crippen molar-refractivity contribution in [1.29, 1.82) is 0 Å². The molecular weight excluding hydrogens is 478 g/mol. The second kappa shape index (κ2) is 10.9. The summed E-state index contributed by atoms with van der Waals surface area (Å²) in [6.07, 6.45) is 0.495. The van der Waals surface area contributed by atoms with Gasteiger partial charge >= 0.3 is 5.97 Å². The van der Waals surface area contributed by atoms with E-state index in [-0.39, 0.29) is 42.3 Å². The van der Waals surface area contributed by atoms with Gasteiger partial charge in [-0.1, -0.05) is 60.7 Å². The highest BCUT2D eigenvalue weighted by Gasteiger charge is 2.32. The molecule has 1 amide bonds. The topological polar surface area (TPSA) is 130 Å². The summed E-state index contributed by atoms with van der Waals surface area (Å²) < 4.78 is 27.6. The molecule has 3 aromatic rings. The predicted molar refractivity (Wildman–Crippen MR) is 137 cm³/mol. The van der Waals surface area contributed by atoms with Gasteiger partial charge < -0.3 is 16.2 Å². The van der Waals surface area contributed by atoms with E-state index in [2.05, 4.69) is 5.32 Å². The highest BCUT2D eigenvalue weighted by molar-refractivity contribution is 7.89. The number of primary amides is 1. The fourth-order valence-electron chi connectivity index (χ4n) is 4.54. The molecule has 3 aromatic carbocycles. The van der Waals surface area contributed by atoms with E-state index < -0.39 is 27.8 Å². The number of carboxylic acid groups (broad SMARTS) is 1. The maximum atomic E-state index is 13.2. The summed E-state index contributed by atoms with van der Waals surface area (Å²) in [4.78, 5) is 23.4. The first-order valence-corrected chi connectivity index (χ1v) is 13.2. The number of anilines is 1. The van der Waals surface area contributed by atoms with E-state index in [4.69, 9.17) is 5.73 Å². The highest BCUT2D eigenvalue weighted by Crippen LogP contribution is 2.29. The van der Waals surface area contributed by atoms with Gasteiger partial charge in [-0.25, -0.2) is 8.42 Å². The minimum atomic E-state index is -3.90. The van der Waals surface area contributed by atoms with Crippen LogP contribution in [-0.2, 0) is 14.8 Å². The molecule has 1 saturated heterocycles. The summed E-state index contributed by atoms with van der Waals surface area (Å²) in [6.45, 7) is 0.686. The predicted octanol–water partition coefficient (Wildman–Crippen LogP) is 3.51. The molecule has 1 fully saturated rings. The smallest absolute Gasteiger partial charge is 0.306 e. The molecule has 9 heteroatoms. The highest BCUT2D eigenvalue weighted by atomic mass is 32.2. The zero-order valence-corrected chi connectivity index (χ0v) is 20.5.